The Morgan fingerprint density at radius 1 is 1.37 bits per heavy atom. The first kappa shape index (κ1) is 13.4. The number of aliphatic carboxylic acids is 1. The van der Waals surface area contributed by atoms with Crippen LogP contribution in [0.1, 0.15) is 19.4 Å². The first-order valence-corrected chi connectivity index (χ1v) is 6.38. The van der Waals surface area contributed by atoms with Crippen LogP contribution >= 0.6 is 0 Å². The van der Waals surface area contributed by atoms with Crippen LogP contribution in [0.15, 0.2) is 24.3 Å². The van der Waals surface area contributed by atoms with E-state index in [1.807, 2.05) is 24.8 Å². The molecular weight excluding hydrogens is 244 g/mol. The highest BCUT2D eigenvalue weighted by molar-refractivity contribution is 5.94. The molecule has 5 nitrogen and oxygen atoms in total. The van der Waals surface area contributed by atoms with Crippen LogP contribution in [-0.2, 0) is 11.2 Å². The van der Waals surface area contributed by atoms with E-state index in [4.69, 9.17) is 5.11 Å². The Bertz CT molecular complexity index is 499. The highest BCUT2D eigenvalue weighted by Crippen LogP contribution is 2.22. The highest BCUT2D eigenvalue weighted by Gasteiger charge is 2.31. The third kappa shape index (κ3) is 2.86. The molecule has 1 heterocycles. The second kappa shape index (κ2) is 5.30. The largest absolute Gasteiger partial charge is 0.481 e. The van der Waals surface area contributed by atoms with Crippen molar-refractivity contribution >= 4 is 17.7 Å². The second-order valence-electron chi connectivity index (χ2n) is 4.96. The van der Waals surface area contributed by atoms with Gasteiger partial charge in [0.15, 0.2) is 0 Å². The van der Waals surface area contributed by atoms with Gasteiger partial charge in [-0.1, -0.05) is 12.1 Å². The Morgan fingerprint density at radius 2 is 2.11 bits per heavy atom. The summed E-state index contributed by atoms with van der Waals surface area (Å²) in [4.78, 5) is 26.4. The van der Waals surface area contributed by atoms with Gasteiger partial charge in [0.25, 0.3) is 0 Å². The molecule has 1 aromatic carbocycles. The minimum Gasteiger partial charge on any atom is -0.481 e. The number of benzene rings is 1. The maximum absolute atomic E-state index is 12.2. The van der Waals surface area contributed by atoms with E-state index in [1.54, 1.807) is 23.1 Å². The molecule has 1 aliphatic heterocycles. The molecule has 5 heteroatoms. The Hall–Kier alpha value is -2.04. The molecule has 0 bridgehead atoms. The summed E-state index contributed by atoms with van der Waals surface area (Å²) >= 11 is 0. The highest BCUT2D eigenvalue weighted by atomic mass is 16.4. The predicted molar refractivity (Wildman–Crippen MR) is 72.4 cm³/mol. The molecule has 1 saturated heterocycles. The molecule has 0 spiro atoms. The van der Waals surface area contributed by atoms with Gasteiger partial charge in [-0.3, -0.25) is 9.69 Å². The Labute approximate surface area is 112 Å². The van der Waals surface area contributed by atoms with Crippen LogP contribution in [0.3, 0.4) is 0 Å². The number of carboxylic acids is 1. The van der Waals surface area contributed by atoms with E-state index < -0.39 is 5.97 Å². The molecule has 1 aliphatic rings. The van der Waals surface area contributed by atoms with Crippen LogP contribution in [0.4, 0.5) is 10.5 Å². The van der Waals surface area contributed by atoms with Crippen molar-refractivity contribution in [3.05, 3.63) is 29.8 Å². The monoisotopic (exact) mass is 262 g/mol. The van der Waals surface area contributed by atoms with Crippen LogP contribution in [-0.4, -0.2) is 41.1 Å². The summed E-state index contributed by atoms with van der Waals surface area (Å²) < 4.78 is 0. The average molecular weight is 262 g/mol. The minimum absolute atomic E-state index is 0.0116. The molecule has 1 fully saturated rings. The number of rotatable bonds is 4. The number of hydrogen-bond donors (Lipinski definition) is 1. The number of hydrogen-bond acceptors (Lipinski definition) is 2. The van der Waals surface area contributed by atoms with Gasteiger partial charge in [0.05, 0.1) is 6.42 Å². The number of anilines is 1. The van der Waals surface area contributed by atoms with Gasteiger partial charge in [0.1, 0.15) is 0 Å². The van der Waals surface area contributed by atoms with Crippen LogP contribution < -0.4 is 4.90 Å². The number of carbonyl (C=O) groups is 2. The topological polar surface area (TPSA) is 60.9 Å². The van der Waals surface area contributed by atoms with Gasteiger partial charge >= 0.3 is 12.0 Å². The van der Waals surface area contributed by atoms with Gasteiger partial charge in [-0.2, -0.15) is 0 Å². The fourth-order valence-corrected chi connectivity index (χ4v) is 2.28. The van der Waals surface area contributed by atoms with Crippen molar-refractivity contribution < 1.29 is 14.7 Å². The SMILES string of the molecule is CC(C)N1CCN(c2cccc(CC(=O)O)c2)C1=O. The molecule has 0 aromatic heterocycles. The summed E-state index contributed by atoms with van der Waals surface area (Å²) in [5, 5.41) is 8.80. The van der Waals surface area contributed by atoms with Crippen LogP contribution in [0.5, 0.6) is 0 Å². The quantitative estimate of drug-likeness (QED) is 0.902. The lowest BCUT2D eigenvalue weighted by molar-refractivity contribution is -0.136. The molecule has 19 heavy (non-hydrogen) atoms. The van der Waals surface area contributed by atoms with E-state index >= 15 is 0 Å². The fraction of sp³-hybridized carbons (Fsp3) is 0.429. The third-order valence-corrected chi connectivity index (χ3v) is 3.24. The van der Waals surface area contributed by atoms with Gasteiger partial charge in [0.2, 0.25) is 0 Å². The first-order valence-electron chi connectivity index (χ1n) is 6.38. The zero-order chi connectivity index (χ0) is 14.0. The molecule has 0 aliphatic carbocycles. The fourth-order valence-electron chi connectivity index (χ4n) is 2.28. The van der Waals surface area contributed by atoms with Gasteiger partial charge in [0, 0.05) is 24.8 Å². The van der Waals surface area contributed by atoms with Crippen molar-refractivity contribution in [2.45, 2.75) is 26.3 Å². The van der Waals surface area contributed by atoms with Crippen molar-refractivity contribution in [3.8, 4) is 0 Å². The summed E-state index contributed by atoms with van der Waals surface area (Å²) in [5.74, 6) is -0.867. The molecular formula is C14H18N2O3. The Kier molecular flexibility index (Phi) is 3.74. The normalized spacial score (nSPS) is 15.4. The molecule has 2 amide bonds. The summed E-state index contributed by atoms with van der Waals surface area (Å²) in [6.07, 6.45) is -0.0240. The zero-order valence-corrected chi connectivity index (χ0v) is 11.2. The van der Waals surface area contributed by atoms with E-state index in [1.165, 1.54) is 0 Å². The second-order valence-corrected chi connectivity index (χ2v) is 4.96. The van der Waals surface area contributed by atoms with Crippen molar-refractivity contribution in [2.75, 3.05) is 18.0 Å². The van der Waals surface area contributed by atoms with Gasteiger partial charge in [-0.25, -0.2) is 4.79 Å². The van der Waals surface area contributed by atoms with Crippen LogP contribution in [0.25, 0.3) is 0 Å². The number of carbonyl (C=O) groups excluding carboxylic acids is 1. The lowest BCUT2D eigenvalue weighted by Crippen LogP contribution is -2.36. The van der Waals surface area contributed by atoms with E-state index in [-0.39, 0.29) is 18.5 Å². The van der Waals surface area contributed by atoms with Crippen molar-refractivity contribution in [3.63, 3.8) is 0 Å². The number of nitrogens with zero attached hydrogens (tertiary/aromatic N) is 2. The lowest BCUT2D eigenvalue weighted by Gasteiger charge is -2.22. The third-order valence-electron chi connectivity index (χ3n) is 3.24. The molecule has 102 valence electrons. The number of urea groups is 1. The van der Waals surface area contributed by atoms with Crippen molar-refractivity contribution in [1.29, 1.82) is 0 Å². The van der Waals surface area contributed by atoms with E-state index in [2.05, 4.69) is 0 Å². The maximum atomic E-state index is 12.2. The Morgan fingerprint density at radius 3 is 2.68 bits per heavy atom. The molecule has 2 rings (SSSR count). The molecule has 0 unspecified atom stereocenters. The van der Waals surface area contributed by atoms with Crippen LogP contribution in [0.2, 0.25) is 0 Å². The number of carboxylic acid groups (broad SMARTS) is 1. The molecule has 1 aromatic rings. The zero-order valence-electron chi connectivity index (χ0n) is 11.2. The molecule has 1 N–H and O–H groups in total. The van der Waals surface area contributed by atoms with Gasteiger partial charge in [-0.05, 0) is 31.5 Å². The molecule has 0 saturated carbocycles. The van der Waals surface area contributed by atoms with E-state index in [9.17, 15) is 9.59 Å². The maximum Gasteiger partial charge on any atom is 0.324 e. The minimum atomic E-state index is -0.867. The van der Waals surface area contributed by atoms with E-state index in [0.29, 0.717) is 18.7 Å². The lowest BCUT2D eigenvalue weighted by atomic mass is 10.1. The van der Waals surface area contributed by atoms with E-state index in [0.717, 1.165) is 5.69 Å². The summed E-state index contributed by atoms with van der Waals surface area (Å²) in [6, 6.07) is 7.34. The smallest absolute Gasteiger partial charge is 0.324 e. The summed E-state index contributed by atoms with van der Waals surface area (Å²) in [5.41, 5.74) is 1.48. The Balaban J connectivity index is 2.19. The van der Waals surface area contributed by atoms with Gasteiger partial charge < -0.3 is 10.0 Å². The average Bonchev–Trinajstić information content (AvgIpc) is 2.70. The van der Waals surface area contributed by atoms with Gasteiger partial charge in [-0.15, -0.1) is 0 Å². The molecule has 0 atom stereocenters. The molecule has 0 radical (unpaired) electrons. The number of amides is 2. The van der Waals surface area contributed by atoms with Crippen LogP contribution in [0, 0.1) is 0 Å². The van der Waals surface area contributed by atoms with Crippen molar-refractivity contribution in [1.82, 2.24) is 4.90 Å². The predicted octanol–water partition coefficient (Wildman–Crippen LogP) is 1.96. The standard InChI is InChI=1S/C14H18N2O3/c1-10(2)15-6-7-16(14(15)19)12-5-3-4-11(8-12)9-13(17)18/h3-5,8,10H,6-7,9H2,1-2H3,(H,17,18). The summed E-state index contributed by atoms with van der Waals surface area (Å²) in [7, 11) is 0. The first-order chi connectivity index (χ1) is 8.99. The van der Waals surface area contributed by atoms with Crippen molar-refractivity contribution in [2.24, 2.45) is 0 Å². The summed E-state index contributed by atoms with van der Waals surface area (Å²) in [6.45, 7) is 5.33.